The minimum absolute atomic E-state index is 0.0990. The lowest BCUT2D eigenvalue weighted by Crippen LogP contribution is -2.31. The Morgan fingerprint density at radius 3 is 2.80 bits per heavy atom. The predicted molar refractivity (Wildman–Crippen MR) is 76.6 cm³/mol. The Labute approximate surface area is 118 Å². The standard InChI is InChI=1S/C13H21N5O2/c1-4-14-10-7-11(17-12(16-10)8-20-3)15-9-5-6-18(2)13(9)19/h7,9H,4-6,8H2,1-3H3,(H2,14,15,16,17). The summed E-state index contributed by atoms with van der Waals surface area (Å²) in [6.07, 6.45) is 0.787. The van der Waals surface area contributed by atoms with Crippen LogP contribution < -0.4 is 10.6 Å². The van der Waals surface area contributed by atoms with E-state index in [-0.39, 0.29) is 11.9 Å². The fourth-order valence-corrected chi connectivity index (χ4v) is 2.17. The van der Waals surface area contributed by atoms with Crippen molar-refractivity contribution in [2.24, 2.45) is 0 Å². The fraction of sp³-hybridized carbons (Fsp3) is 0.615. The van der Waals surface area contributed by atoms with Gasteiger partial charge in [-0.3, -0.25) is 4.79 Å². The van der Waals surface area contributed by atoms with Gasteiger partial charge in [-0.25, -0.2) is 9.97 Å². The van der Waals surface area contributed by atoms with Crippen molar-refractivity contribution >= 4 is 17.5 Å². The van der Waals surface area contributed by atoms with E-state index in [1.807, 2.05) is 20.0 Å². The molecular formula is C13H21N5O2. The van der Waals surface area contributed by atoms with Gasteiger partial charge in [-0.05, 0) is 13.3 Å². The van der Waals surface area contributed by atoms with E-state index in [1.165, 1.54) is 0 Å². The molecular weight excluding hydrogens is 258 g/mol. The van der Waals surface area contributed by atoms with E-state index in [2.05, 4.69) is 20.6 Å². The first kappa shape index (κ1) is 14.5. The highest BCUT2D eigenvalue weighted by atomic mass is 16.5. The molecule has 0 aromatic carbocycles. The maximum absolute atomic E-state index is 11.9. The first-order valence-electron chi connectivity index (χ1n) is 6.76. The van der Waals surface area contributed by atoms with Crippen molar-refractivity contribution in [3.63, 3.8) is 0 Å². The molecule has 2 rings (SSSR count). The monoisotopic (exact) mass is 279 g/mol. The van der Waals surface area contributed by atoms with Crippen molar-refractivity contribution in [3.8, 4) is 0 Å². The van der Waals surface area contributed by atoms with Gasteiger partial charge in [-0.1, -0.05) is 0 Å². The molecule has 1 aliphatic heterocycles. The second-order valence-electron chi connectivity index (χ2n) is 4.76. The molecule has 1 aromatic heterocycles. The van der Waals surface area contributed by atoms with Gasteiger partial charge in [0.25, 0.3) is 0 Å². The number of likely N-dealkylation sites (N-methyl/N-ethyl adjacent to an activating group) is 1. The summed E-state index contributed by atoms with van der Waals surface area (Å²) in [7, 11) is 3.41. The number of nitrogens with one attached hydrogen (secondary N) is 2. The molecule has 1 saturated heterocycles. The summed E-state index contributed by atoms with van der Waals surface area (Å²) in [5, 5.41) is 6.33. The summed E-state index contributed by atoms with van der Waals surface area (Å²) in [6.45, 7) is 3.88. The van der Waals surface area contributed by atoms with Crippen LogP contribution in [0.15, 0.2) is 6.07 Å². The Morgan fingerprint density at radius 1 is 1.45 bits per heavy atom. The van der Waals surface area contributed by atoms with Crippen molar-refractivity contribution in [1.82, 2.24) is 14.9 Å². The summed E-state index contributed by atoms with van der Waals surface area (Å²) in [4.78, 5) is 22.3. The molecule has 1 aliphatic rings. The van der Waals surface area contributed by atoms with Crippen LogP contribution in [0.2, 0.25) is 0 Å². The minimum Gasteiger partial charge on any atom is -0.377 e. The summed E-state index contributed by atoms with van der Waals surface area (Å²) in [5.41, 5.74) is 0. The lowest BCUT2D eigenvalue weighted by molar-refractivity contribution is -0.127. The number of methoxy groups -OCH3 is 1. The Balaban J connectivity index is 2.15. The number of nitrogens with zero attached hydrogens (tertiary/aromatic N) is 3. The zero-order valence-corrected chi connectivity index (χ0v) is 12.1. The normalized spacial score (nSPS) is 18.4. The van der Waals surface area contributed by atoms with Gasteiger partial charge in [-0.15, -0.1) is 0 Å². The van der Waals surface area contributed by atoms with Gasteiger partial charge in [0.15, 0.2) is 5.82 Å². The van der Waals surface area contributed by atoms with Crippen molar-refractivity contribution in [1.29, 1.82) is 0 Å². The molecule has 7 nitrogen and oxygen atoms in total. The van der Waals surface area contributed by atoms with Gasteiger partial charge in [0.05, 0.1) is 0 Å². The van der Waals surface area contributed by atoms with Crippen molar-refractivity contribution < 1.29 is 9.53 Å². The predicted octanol–water partition coefficient (Wildman–Crippen LogP) is 0.697. The van der Waals surface area contributed by atoms with E-state index in [9.17, 15) is 4.79 Å². The van der Waals surface area contributed by atoms with Gasteiger partial charge in [0.1, 0.15) is 24.3 Å². The van der Waals surface area contributed by atoms with Crippen LogP contribution in [-0.4, -0.2) is 54.1 Å². The molecule has 1 atom stereocenters. The zero-order chi connectivity index (χ0) is 14.5. The second-order valence-corrected chi connectivity index (χ2v) is 4.76. The van der Waals surface area contributed by atoms with E-state index in [4.69, 9.17) is 4.74 Å². The number of carbonyl (C=O) groups is 1. The fourth-order valence-electron chi connectivity index (χ4n) is 2.17. The molecule has 0 bridgehead atoms. The number of likely N-dealkylation sites (tertiary alicyclic amines) is 1. The van der Waals surface area contributed by atoms with E-state index in [0.717, 1.165) is 25.3 Å². The number of hydrogen-bond acceptors (Lipinski definition) is 6. The SMILES string of the molecule is CCNc1cc(NC2CCN(C)C2=O)nc(COC)n1. The van der Waals surface area contributed by atoms with Gasteiger partial charge in [0, 0.05) is 33.3 Å². The van der Waals surface area contributed by atoms with Gasteiger partial charge >= 0.3 is 0 Å². The molecule has 7 heteroatoms. The van der Waals surface area contributed by atoms with Crippen molar-refractivity contribution in [3.05, 3.63) is 11.9 Å². The number of ether oxygens (including phenoxy) is 1. The van der Waals surface area contributed by atoms with Crippen molar-refractivity contribution in [2.45, 2.75) is 26.0 Å². The van der Waals surface area contributed by atoms with Crippen LogP contribution in [0.25, 0.3) is 0 Å². The summed E-state index contributed by atoms with van der Waals surface area (Å²) in [6, 6.07) is 1.61. The number of amides is 1. The lowest BCUT2D eigenvalue weighted by atomic mass is 10.2. The van der Waals surface area contributed by atoms with Crippen LogP contribution >= 0.6 is 0 Å². The quantitative estimate of drug-likeness (QED) is 0.798. The molecule has 110 valence electrons. The smallest absolute Gasteiger partial charge is 0.244 e. The molecule has 1 aromatic rings. The highest BCUT2D eigenvalue weighted by Crippen LogP contribution is 2.17. The highest BCUT2D eigenvalue weighted by molar-refractivity contribution is 5.86. The topological polar surface area (TPSA) is 79.4 Å². The molecule has 0 radical (unpaired) electrons. The largest absolute Gasteiger partial charge is 0.377 e. The number of hydrogen-bond donors (Lipinski definition) is 2. The number of aromatic nitrogens is 2. The first-order chi connectivity index (χ1) is 9.63. The lowest BCUT2D eigenvalue weighted by Gasteiger charge is -2.14. The van der Waals surface area contributed by atoms with Gasteiger partial charge < -0.3 is 20.3 Å². The Morgan fingerprint density at radius 2 is 2.20 bits per heavy atom. The van der Waals surface area contributed by atoms with Crippen LogP contribution in [0.5, 0.6) is 0 Å². The number of anilines is 2. The van der Waals surface area contributed by atoms with E-state index >= 15 is 0 Å². The zero-order valence-electron chi connectivity index (χ0n) is 12.1. The van der Waals surface area contributed by atoms with Crippen LogP contribution in [-0.2, 0) is 16.1 Å². The maximum Gasteiger partial charge on any atom is 0.244 e. The maximum atomic E-state index is 11.9. The Bertz CT molecular complexity index is 456. The molecule has 0 spiro atoms. The number of rotatable bonds is 6. The second kappa shape index (κ2) is 6.51. The summed E-state index contributed by atoms with van der Waals surface area (Å²) in [5.74, 6) is 2.07. The summed E-state index contributed by atoms with van der Waals surface area (Å²) >= 11 is 0. The molecule has 20 heavy (non-hydrogen) atoms. The molecule has 2 N–H and O–H groups in total. The third kappa shape index (κ3) is 3.36. The average Bonchev–Trinajstić information content (AvgIpc) is 2.71. The van der Waals surface area contributed by atoms with Crippen molar-refractivity contribution in [2.75, 3.05) is 37.9 Å². The van der Waals surface area contributed by atoms with Crippen LogP contribution in [0.1, 0.15) is 19.2 Å². The van der Waals surface area contributed by atoms with Crippen LogP contribution in [0.3, 0.4) is 0 Å². The molecule has 2 heterocycles. The van der Waals surface area contributed by atoms with Gasteiger partial charge in [0.2, 0.25) is 5.91 Å². The molecule has 1 unspecified atom stereocenters. The van der Waals surface area contributed by atoms with E-state index in [1.54, 1.807) is 12.0 Å². The highest BCUT2D eigenvalue weighted by Gasteiger charge is 2.29. The third-order valence-electron chi connectivity index (χ3n) is 3.15. The molecule has 1 amide bonds. The minimum atomic E-state index is -0.209. The molecule has 0 aliphatic carbocycles. The average molecular weight is 279 g/mol. The Hall–Kier alpha value is -1.89. The molecule has 1 fully saturated rings. The Kier molecular flexibility index (Phi) is 4.73. The first-order valence-corrected chi connectivity index (χ1v) is 6.76. The molecule has 0 saturated carbocycles. The van der Waals surface area contributed by atoms with Crippen LogP contribution in [0, 0.1) is 0 Å². The third-order valence-corrected chi connectivity index (χ3v) is 3.15. The number of carbonyl (C=O) groups excluding carboxylic acids is 1. The summed E-state index contributed by atoms with van der Waals surface area (Å²) < 4.78 is 5.07. The van der Waals surface area contributed by atoms with E-state index < -0.39 is 0 Å². The van der Waals surface area contributed by atoms with Crippen LogP contribution in [0.4, 0.5) is 11.6 Å². The van der Waals surface area contributed by atoms with Gasteiger partial charge in [-0.2, -0.15) is 0 Å². The van der Waals surface area contributed by atoms with E-state index in [0.29, 0.717) is 18.2 Å².